The van der Waals surface area contributed by atoms with Crippen molar-refractivity contribution in [3.05, 3.63) is 75.4 Å². The minimum atomic E-state index is -1.05. The van der Waals surface area contributed by atoms with Gasteiger partial charge in [-0.25, -0.2) is 9.59 Å². The number of benzene rings is 2. The highest BCUT2D eigenvalue weighted by Gasteiger charge is 2.22. The van der Waals surface area contributed by atoms with Gasteiger partial charge < -0.3 is 14.7 Å². The predicted molar refractivity (Wildman–Crippen MR) is 123 cm³/mol. The molecule has 0 fully saturated rings. The molecule has 0 saturated heterocycles. The van der Waals surface area contributed by atoms with Crippen LogP contribution in [0.15, 0.2) is 60.7 Å². The molecule has 2 rings (SSSR count). The molecule has 0 aromatic heterocycles. The number of hydrogen-bond acceptors (Lipinski definition) is 4. The number of ether oxygens (including phenoxy) is 1. The van der Waals surface area contributed by atoms with Gasteiger partial charge in [0.05, 0.1) is 24.9 Å². The Bertz CT molecular complexity index is 946. The van der Waals surface area contributed by atoms with E-state index in [-0.39, 0.29) is 24.6 Å². The van der Waals surface area contributed by atoms with Gasteiger partial charge in [-0.2, -0.15) is 0 Å². The fourth-order valence-electron chi connectivity index (χ4n) is 2.84. The summed E-state index contributed by atoms with van der Waals surface area (Å²) in [6.45, 7) is 6.34. The molecule has 2 amide bonds. The molecule has 30 heavy (non-hydrogen) atoms. The molecule has 0 atom stereocenters. The van der Waals surface area contributed by atoms with Crippen LogP contribution in [-0.4, -0.2) is 48.2 Å². The summed E-state index contributed by atoms with van der Waals surface area (Å²) in [5.41, 5.74) is 2.25. The summed E-state index contributed by atoms with van der Waals surface area (Å²) in [5, 5.41) is 9.15. The van der Waals surface area contributed by atoms with Gasteiger partial charge in [-0.3, -0.25) is 9.69 Å². The molecule has 0 radical (unpaired) electrons. The van der Waals surface area contributed by atoms with Gasteiger partial charge in [0, 0.05) is 23.6 Å². The molecule has 2 aromatic carbocycles. The van der Waals surface area contributed by atoms with Crippen LogP contribution in [0.2, 0.25) is 0 Å². The quantitative estimate of drug-likeness (QED) is 0.416. The second-order valence-electron chi connectivity index (χ2n) is 6.64. The highest BCUT2D eigenvalue weighted by Crippen LogP contribution is 2.25. The number of nitrogens with zero attached hydrogens (tertiary/aromatic N) is 2. The Kier molecular flexibility index (Phi) is 8.40. The number of amides is 2. The third kappa shape index (κ3) is 6.31. The van der Waals surface area contributed by atoms with Gasteiger partial charge in [-0.1, -0.05) is 36.9 Å². The molecule has 0 unspecified atom stereocenters. The molecule has 1 N–H and O–H groups in total. The van der Waals surface area contributed by atoms with Gasteiger partial charge in [-0.15, -0.1) is 0 Å². The number of carboxylic acids is 1. The van der Waals surface area contributed by atoms with E-state index in [9.17, 15) is 14.4 Å². The summed E-state index contributed by atoms with van der Waals surface area (Å²) >= 11 is 1.98. The average molecular weight is 522 g/mol. The first-order valence-corrected chi connectivity index (χ1v) is 10.1. The van der Waals surface area contributed by atoms with Crippen molar-refractivity contribution in [2.24, 2.45) is 0 Å². The van der Waals surface area contributed by atoms with Crippen LogP contribution in [0.3, 0.4) is 0 Å². The molecule has 2 aromatic rings. The zero-order chi connectivity index (χ0) is 22.3. The Morgan fingerprint density at radius 1 is 1.10 bits per heavy atom. The van der Waals surface area contributed by atoms with Crippen molar-refractivity contribution in [2.45, 2.75) is 13.5 Å². The molecule has 0 aliphatic carbocycles. The summed E-state index contributed by atoms with van der Waals surface area (Å²) in [6, 6.07) is 14.1. The number of carbonyl (C=O) groups is 3. The molecular weight excluding hydrogens is 499 g/mol. The second-order valence-corrected chi connectivity index (χ2v) is 7.80. The number of aromatic carboxylic acids is 1. The van der Waals surface area contributed by atoms with Gasteiger partial charge in [0.2, 0.25) is 5.91 Å². The van der Waals surface area contributed by atoms with E-state index in [1.807, 2.05) is 52.9 Å². The van der Waals surface area contributed by atoms with Gasteiger partial charge in [-0.05, 0) is 51.9 Å². The maximum absolute atomic E-state index is 12.4. The van der Waals surface area contributed by atoms with Crippen LogP contribution < -0.4 is 4.90 Å². The fraction of sp³-hybridized carbons (Fsp3) is 0.227. The number of carboxylic acid groups (broad SMARTS) is 1. The van der Waals surface area contributed by atoms with Crippen LogP contribution in [0.4, 0.5) is 10.5 Å². The minimum absolute atomic E-state index is 0.106. The maximum Gasteiger partial charge on any atom is 0.414 e. The minimum Gasteiger partial charge on any atom is -0.478 e. The zero-order valence-corrected chi connectivity index (χ0v) is 19.0. The Morgan fingerprint density at radius 3 is 2.30 bits per heavy atom. The number of rotatable bonds is 8. The number of carbonyl (C=O) groups excluding carboxylic acids is 2. The van der Waals surface area contributed by atoms with Crippen molar-refractivity contribution in [2.75, 3.05) is 25.1 Å². The zero-order valence-electron chi connectivity index (χ0n) is 16.8. The van der Waals surface area contributed by atoms with Gasteiger partial charge in [0.15, 0.2) is 0 Å². The Labute approximate surface area is 189 Å². The van der Waals surface area contributed by atoms with Crippen molar-refractivity contribution in [1.29, 1.82) is 0 Å². The molecule has 8 heteroatoms. The van der Waals surface area contributed by atoms with E-state index in [4.69, 9.17) is 9.84 Å². The Hall–Kier alpha value is -2.88. The third-order valence-corrected chi connectivity index (χ3v) is 5.20. The Balaban J connectivity index is 2.19. The first kappa shape index (κ1) is 23.4. The smallest absolute Gasteiger partial charge is 0.414 e. The predicted octanol–water partition coefficient (Wildman–Crippen LogP) is 4.17. The lowest BCUT2D eigenvalue weighted by Gasteiger charge is -2.27. The average Bonchev–Trinajstić information content (AvgIpc) is 2.71. The van der Waals surface area contributed by atoms with Gasteiger partial charge in [0.1, 0.15) is 0 Å². The topological polar surface area (TPSA) is 87.2 Å². The van der Waals surface area contributed by atoms with Crippen LogP contribution in [0, 0.1) is 3.57 Å². The Morgan fingerprint density at radius 2 is 1.77 bits per heavy atom. The summed E-state index contributed by atoms with van der Waals surface area (Å²) < 4.78 is 5.48. The van der Waals surface area contributed by atoms with Gasteiger partial charge >= 0.3 is 12.1 Å². The summed E-state index contributed by atoms with van der Waals surface area (Å²) in [6.07, 6.45) is -0.602. The van der Waals surface area contributed by atoms with Crippen molar-refractivity contribution in [3.63, 3.8) is 0 Å². The first-order valence-electron chi connectivity index (χ1n) is 9.07. The van der Waals surface area contributed by atoms with Crippen molar-refractivity contribution >= 4 is 46.2 Å². The largest absolute Gasteiger partial charge is 0.478 e. The normalized spacial score (nSPS) is 10.2. The van der Waals surface area contributed by atoms with E-state index < -0.39 is 12.1 Å². The number of hydrogen-bond donors (Lipinski definition) is 1. The summed E-state index contributed by atoms with van der Waals surface area (Å²) in [4.78, 5) is 38.7. The highest BCUT2D eigenvalue weighted by molar-refractivity contribution is 14.1. The number of methoxy groups -OCH3 is 1. The van der Waals surface area contributed by atoms with Crippen LogP contribution in [0.25, 0.3) is 0 Å². The lowest BCUT2D eigenvalue weighted by atomic mass is 10.1. The van der Waals surface area contributed by atoms with Crippen LogP contribution in [0.1, 0.15) is 22.8 Å². The van der Waals surface area contributed by atoms with Crippen LogP contribution in [0.5, 0.6) is 0 Å². The van der Waals surface area contributed by atoms with Crippen LogP contribution >= 0.6 is 22.6 Å². The van der Waals surface area contributed by atoms with E-state index >= 15 is 0 Å². The molecule has 0 spiro atoms. The molecule has 0 aliphatic heterocycles. The van der Waals surface area contributed by atoms with E-state index in [0.717, 1.165) is 5.56 Å². The van der Waals surface area contributed by atoms with E-state index in [0.29, 0.717) is 21.4 Å². The highest BCUT2D eigenvalue weighted by atomic mass is 127. The van der Waals surface area contributed by atoms with Gasteiger partial charge in [0.25, 0.3) is 0 Å². The summed E-state index contributed by atoms with van der Waals surface area (Å²) in [5.74, 6) is -1.16. The molecule has 0 saturated carbocycles. The monoisotopic (exact) mass is 522 g/mol. The first-order chi connectivity index (χ1) is 14.2. The number of anilines is 1. The lowest BCUT2D eigenvalue weighted by Crippen LogP contribution is -2.37. The lowest BCUT2D eigenvalue weighted by molar-refractivity contribution is -0.129. The van der Waals surface area contributed by atoms with Crippen LogP contribution in [-0.2, 0) is 16.1 Å². The van der Waals surface area contributed by atoms with E-state index in [1.165, 1.54) is 31.1 Å². The fourth-order valence-corrected chi connectivity index (χ4v) is 3.65. The molecule has 0 aliphatic rings. The van der Waals surface area contributed by atoms with Crippen molar-refractivity contribution in [3.8, 4) is 0 Å². The summed E-state index contributed by atoms with van der Waals surface area (Å²) in [7, 11) is 1.27. The van der Waals surface area contributed by atoms with Crippen molar-refractivity contribution < 1.29 is 24.2 Å². The SMILES string of the molecule is C=C(CN(Cc1ccccc1)C(C)=O)CN(C(=O)OC)c1ccc(C(=O)O)cc1I. The van der Waals surface area contributed by atoms with Crippen molar-refractivity contribution in [1.82, 2.24) is 4.90 Å². The molecule has 7 nitrogen and oxygen atoms in total. The van der Waals surface area contributed by atoms with E-state index in [2.05, 4.69) is 6.58 Å². The standard InChI is InChI=1S/C22H23IN2O5/c1-15(12-24(16(2)26)14-17-7-5-4-6-8-17)13-25(22(29)30-3)20-10-9-18(21(27)28)11-19(20)23/h4-11H,1,12-14H2,2-3H3,(H,27,28). The molecule has 0 heterocycles. The molecule has 0 bridgehead atoms. The molecule has 158 valence electrons. The number of halogens is 1. The third-order valence-electron chi connectivity index (χ3n) is 4.34. The second kappa shape index (κ2) is 10.8. The van der Waals surface area contributed by atoms with E-state index in [1.54, 1.807) is 11.0 Å². The maximum atomic E-state index is 12.4. The molecular formula is C22H23IN2O5.